The van der Waals surface area contributed by atoms with Crippen LogP contribution in [0, 0.1) is 13.8 Å². The standard InChI is InChI=1S/C19H19F3N2OS/c1-12-5-3-6-14-7-4-8-24(17(12)14)16(25)11-26-18-13(2)9-15(10-23-18)19(20,21)22/h3,5-6,9-10H,4,7-8,11H2,1-2H3. The number of aryl methyl sites for hydroxylation is 3. The molecule has 1 aliphatic rings. The molecule has 3 rings (SSSR count). The molecule has 7 heteroatoms. The van der Waals surface area contributed by atoms with Gasteiger partial charge >= 0.3 is 6.18 Å². The fraction of sp³-hybridized carbons (Fsp3) is 0.368. The van der Waals surface area contributed by atoms with Crippen molar-refractivity contribution in [2.45, 2.75) is 37.9 Å². The first-order valence-corrected chi connectivity index (χ1v) is 9.31. The van der Waals surface area contributed by atoms with E-state index in [1.165, 1.54) is 17.3 Å². The smallest absolute Gasteiger partial charge is 0.311 e. The molecule has 26 heavy (non-hydrogen) atoms. The third kappa shape index (κ3) is 3.87. The van der Waals surface area contributed by atoms with Crippen molar-refractivity contribution in [1.82, 2.24) is 4.98 Å². The van der Waals surface area contributed by atoms with Gasteiger partial charge in [-0.15, -0.1) is 0 Å². The largest absolute Gasteiger partial charge is 0.417 e. The fourth-order valence-corrected chi connectivity index (χ4v) is 4.00. The Hall–Kier alpha value is -2.02. The summed E-state index contributed by atoms with van der Waals surface area (Å²) in [4.78, 5) is 18.4. The van der Waals surface area contributed by atoms with Crippen LogP contribution >= 0.6 is 11.8 Å². The monoisotopic (exact) mass is 380 g/mol. The number of alkyl halides is 3. The fourth-order valence-electron chi connectivity index (χ4n) is 3.17. The molecule has 0 N–H and O–H groups in total. The number of para-hydroxylation sites is 1. The lowest BCUT2D eigenvalue weighted by atomic mass is 9.98. The first-order chi connectivity index (χ1) is 12.3. The molecule has 0 aliphatic carbocycles. The second-order valence-corrected chi connectivity index (χ2v) is 7.33. The van der Waals surface area contributed by atoms with E-state index in [9.17, 15) is 18.0 Å². The molecule has 0 atom stereocenters. The Labute approximate surface area is 154 Å². The topological polar surface area (TPSA) is 33.2 Å². The number of benzene rings is 1. The second-order valence-electron chi connectivity index (χ2n) is 6.36. The first-order valence-electron chi connectivity index (χ1n) is 8.33. The van der Waals surface area contributed by atoms with Crippen molar-refractivity contribution in [1.29, 1.82) is 0 Å². The van der Waals surface area contributed by atoms with Gasteiger partial charge in [0.15, 0.2) is 0 Å². The number of halogens is 3. The third-order valence-electron chi connectivity index (χ3n) is 4.41. The predicted octanol–water partition coefficient (Wildman–Crippen LogP) is 4.79. The van der Waals surface area contributed by atoms with Crippen LogP contribution < -0.4 is 4.90 Å². The molecule has 3 nitrogen and oxygen atoms in total. The Morgan fingerprint density at radius 3 is 2.73 bits per heavy atom. The summed E-state index contributed by atoms with van der Waals surface area (Å²) >= 11 is 1.18. The summed E-state index contributed by atoms with van der Waals surface area (Å²) in [6, 6.07) is 7.09. The number of carbonyl (C=O) groups excluding carboxylic acids is 1. The number of carbonyl (C=O) groups is 1. The number of nitrogens with zero attached hydrogens (tertiary/aromatic N) is 2. The highest BCUT2D eigenvalue weighted by Gasteiger charge is 2.31. The van der Waals surface area contributed by atoms with E-state index >= 15 is 0 Å². The van der Waals surface area contributed by atoms with Gasteiger partial charge in [0.1, 0.15) is 0 Å². The molecule has 1 aliphatic heterocycles. The summed E-state index contributed by atoms with van der Waals surface area (Å²) in [7, 11) is 0. The highest BCUT2D eigenvalue weighted by atomic mass is 32.2. The molecule has 1 aromatic carbocycles. The van der Waals surface area contributed by atoms with Crippen molar-refractivity contribution >= 4 is 23.4 Å². The van der Waals surface area contributed by atoms with E-state index < -0.39 is 11.7 Å². The van der Waals surface area contributed by atoms with Crippen LogP contribution in [-0.4, -0.2) is 23.2 Å². The average molecular weight is 380 g/mol. The maximum absolute atomic E-state index is 12.7. The van der Waals surface area contributed by atoms with Crippen LogP contribution in [0.25, 0.3) is 0 Å². The highest BCUT2D eigenvalue weighted by Crippen LogP contribution is 2.33. The molecular formula is C19H19F3N2OS. The number of thioether (sulfide) groups is 1. The Balaban J connectivity index is 1.73. The number of fused-ring (bicyclic) bond motifs is 1. The maximum Gasteiger partial charge on any atom is 0.417 e. The van der Waals surface area contributed by atoms with Gasteiger partial charge in [0, 0.05) is 18.4 Å². The van der Waals surface area contributed by atoms with E-state index in [1.807, 2.05) is 25.1 Å². The zero-order valence-electron chi connectivity index (χ0n) is 14.6. The van der Waals surface area contributed by atoms with Crippen LogP contribution in [0.3, 0.4) is 0 Å². The minimum atomic E-state index is -4.41. The molecule has 1 aromatic heterocycles. The predicted molar refractivity (Wildman–Crippen MR) is 96.6 cm³/mol. The van der Waals surface area contributed by atoms with Crippen molar-refractivity contribution in [3.63, 3.8) is 0 Å². The summed E-state index contributed by atoms with van der Waals surface area (Å²) in [5.74, 6) is 0.0961. The molecule has 0 saturated heterocycles. The second kappa shape index (κ2) is 7.31. The van der Waals surface area contributed by atoms with Crippen LogP contribution in [0.5, 0.6) is 0 Å². The first kappa shape index (κ1) is 18.8. The Morgan fingerprint density at radius 2 is 2.04 bits per heavy atom. The van der Waals surface area contributed by atoms with Gasteiger partial charge < -0.3 is 4.90 Å². The number of hydrogen-bond acceptors (Lipinski definition) is 3. The van der Waals surface area contributed by atoms with Gasteiger partial charge in [-0.1, -0.05) is 30.0 Å². The van der Waals surface area contributed by atoms with E-state index in [-0.39, 0.29) is 11.7 Å². The highest BCUT2D eigenvalue weighted by molar-refractivity contribution is 8.00. The summed E-state index contributed by atoms with van der Waals surface area (Å²) < 4.78 is 38.2. The molecular weight excluding hydrogens is 361 g/mol. The van der Waals surface area contributed by atoms with Crippen molar-refractivity contribution in [2.75, 3.05) is 17.2 Å². The van der Waals surface area contributed by atoms with Gasteiger partial charge in [0.05, 0.1) is 16.3 Å². The third-order valence-corrected chi connectivity index (χ3v) is 5.50. The SMILES string of the molecule is Cc1cc(C(F)(F)F)cnc1SCC(=O)N1CCCc2cccc(C)c21. The van der Waals surface area contributed by atoms with Gasteiger partial charge in [-0.2, -0.15) is 13.2 Å². The van der Waals surface area contributed by atoms with Crippen molar-refractivity contribution in [3.05, 3.63) is 52.7 Å². The molecule has 0 radical (unpaired) electrons. The van der Waals surface area contributed by atoms with Crippen LogP contribution in [0.15, 0.2) is 35.5 Å². The molecule has 0 saturated carbocycles. The summed E-state index contributed by atoms with van der Waals surface area (Å²) in [6.07, 6.45) is -1.73. The summed E-state index contributed by atoms with van der Waals surface area (Å²) in [5.41, 5.74) is 2.85. The van der Waals surface area contributed by atoms with Gasteiger partial charge in [-0.3, -0.25) is 4.79 Å². The molecule has 2 aromatic rings. The molecule has 1 amide bonds. The number of anilines is 1. The molecule has 0 spiro atoms. The molecule has 0 fully saturated rings. The lowest BCUT2D eigenvalue weighted by Crippen LogP contribution is -2.37. The normalized spacial score (nSPS) is 14.3. The zero-order chi connectivity index (χ0) is 18.9. The Bertz CT molecular complexity index is 836. The number of pyridine rings is 1. The quantitative estimate of drug-likeness (QED) is 0.718. The maximum atomic E-state index is 12.7. The minimum absolute atomic E-state index is 0.0497. The van der Waals surface area contributed by atoms with Crippen LogP contribution in [0.4, 0.5) is 18.9 Å². The molecule has 0 unspecified atom stereocenters. The average Bonchev–Trinajstić information content (AvgIpc) is 2.59. The lowest BCUT2D eigenvalue weighted by molar-refractivity contribution is -0.138. The number of amides is 1. The van der Waals surface area contributed by atoms with Crippen molar-refractivity contribution in [3.8, 4) is 0 Å². The van der Waals surface area contributed by atoms with Crippen LogP contribution in [0.2, 0.25) is 0 Å². The molecule has 2 heterocycles. The number of rotatable bonds is 3. The van der Waals surface area contributed by atoms with Gasteiger partial charge in [0.25, 0.3) is 0 Å². The van der Waals surface area contributed by atoms with Gasteiger partial charge in [-0.05, 0) is 49.4 Å². The van der Waals surface area contributed by atoms with Gasteiger partial charge in [0.2, 0.25) is 5.91 Å². The van der Waals surface area contributed by atoms with E-state index in [4.69, 9.17) is 0 Å². The van der Waals surface area contributed by atoms with Crippen LogP contribution in [0.1, 0.15) is 28.7 Å². The summed E-state index contributed by atoms with van der Waals surface area (Å²) in [5, 5.41) is 0.452. The minimum Gasteiger partial charge on any atom is -0.311 e. The van der Waals surface area contributed by atoms with Crippen molar-refractivity contribution < 1.29 is 18.0 Å². The van der Waals surface area contributed by atoms with Crippen molar-refractivity contribution in [2.24, 2.45) is 0 Å². The number of aromatic nitrogens is 1. The van der Waals surface area contributed by atoms with Gasteiger partial charge in [-0.25, -0.2) is 4.98 Å². The van der Waals surface area contributed by atoms with Crippen LogP contribution in [-0.2, 0) is 17.4 Å². The Kier molecular flexibility index (Phi) is 5.27. The molecule has 138 valence electrons. The molecule has 0 bridgehead atoms. The van der Waals surface area contributed by atoms with E-state index in [1.54, 1.807) is 11.8 Å². The lowest BCUT2D eigenvalue weighted by Gasteiger charge is -2.31. The summed E-state index contributed by atoms with van der Waals surface area (Å²) in [6.45, 7) is 4.23. The number of hydrogen-bond donors (Lipinski definition) is 0. The van der Waals surface area contributed by atoms with E-state index in [2.05, 4.69) is 4.98 Å². The van der Waals surface area contributed by atoms with E-state index in [0.717, 1.165) is 36.4 Å². The Morgan fingerprint density at radius 1 is 1.27 bits per heavy atom. The zero-order valence-corrected chi connectivity index (χ0v) is 15.4. The van der Waals surface area contributed by atoms with E-state index in [0.29, 0.717) is 17.1 Å².